The molecule has 0 saturated carbocycles. The van der Waals surface area contributed by atoms with Gasteiger partial charge in [-0.25, -0.2) is 4.98 Å². The highest BCUT2D eigenvalue weighted by atomic mass is 35.5. The van der Waals surface area contributed by atoms with Crippen molar-refractivity contribution in [3.8, 4) is 0 Å². The number of hydrogen-bond donors (Lipinski definition) is 1. The van der Waals surface area contributed by atoms with Crippen LogP contribution in [0.3, 0.4) is 0 Å². The second-order valence-electron chi connectivity index (χ2n) is 4.90. The first-order chi connectivity index (χ1) is 8.62. The van der Waals surface area contributed by atoms with E-state index in [0.29, 0.717) is 0 Å². The summed E-state index contributed by atoms with van der Waals surface area (Å²) in [6.45, 7) is 4.85. The molecular weight excluding hydrogens is 274 g/mol. The Labute approximate surface area is 115 Å². The molecule has 1 N–H and O–H groups in total. The van der Waals surface area contributed by atoms with E-state index in [4.69, 9.17) is 16.7 Å². The molecule has 0 aliphatic carbocycles. The number of carbonyl (C=O) groups is 1. The Morgan fingerprint density at radius 2 is 2.16 bits per heavy atom. The van der Waals surface area contributed by atoms with Gasteiger partial charge in [-0.3, -0.25) is 14.9 Å². The highest BCUT2D eigenvalue weighted by Gasteiger charge is 2.31. The van der Waals surface area contributed by atoms with Crippen molar-refractivity contribution in [3.63, 3.8) is 0 Å². The zero-order valence-electron chi connectivity index (χ0n) is 10.8. The minimum absolute atomic E-state index is 0.00991. The molecule has 0 fully saturated rings. The standard InChI is InChI=1S/C11H14ClN3O4/c1-11(2,3)14(6-9(16)17)10-8(15(18)19)4-7(12)5-13-10/h4-5H,6H2,1-3H3,(H,16,17). The van der Waals surface area contributed by atoms with E-state index in [0.717, 1.165) is 6.07 Å². The highest BCUT2D eigenvalue weighted by Crippen LogP contribution is 2.32. The molecule has 0 spiro atoms. The fourth-order valence-corrected chi connectivity index (χ4v) is 1.68. The van der Waals surface area contributed by atoms with Crippen LogP contribution in [0, 0.1) is 10.1 Å². The number of nitrogens with zero attached hydrogens (tertiary/aromatic N) is 3. The lowest BCUT2D eigenvalue weighted by Crippen LogP contribution is -2.45. The molecule has 0 radical (unpaired) electrons. The van der Waals surface area contributed by atoms with Crippen molar-refractivity contribution in [2.75, 3.05) is 11.4 Å². The Morgan fingerprint density at radius 3 is 2.58 bits per heavy atom. The third kappa shape index (κ3) is 3.78. The van der Waals surface area contributed by atoms with Crippen LogP contribution < -0.4 is 4.90 Å². The molecule has 1 heterocycles. The smallest absolute Gasteiger partial charge is 0.323 e. The molecule has 104 valence electrons. The summed E-state index contributed by atoms with van der Waals surface area (Å²) in [4.78, 5) is 26.6. The van der Waals surface area contributed by atoms with Crippen LogP contribution in [-0.4, -0.2) is 33.1 Å². The predicted molar refractivity (Wildman–Crippen MR) is 70.6 cm³/mol. The molecule has 0 aliphatic heterocycles. The van der Waals surface area contributed by atoms with Crippen LogP contribution in [0.25, 0.3) is 0 Å². The normalized spacial score (nSPS) is 11.2. The molecule has 19 heavy (non-hydrogen) atoms. The maximum atomic E-state index is 11.0. The highest BCUT2D eigenvalue weighted by molar-refractivity contribution is 6.30. The van der Waals surface area contributed by atoms with Gasteiger partial charge in [0.2, 0.25) is 5.82 Å². The molecule has 0 unspecified atom stereocenters. The molecule has 0 bridgehead atoms. The van der Waals surface area contributed by atoms with E-state index < -0.39 is 16.4 Å². The largest absolute Gasteiger partial charge is 0.480 e. The van der Waals surface area contributed by atoms with Gasteiger partial charge in [0.1, 0.15) is 6.54 Å². The zero-order chi connectivity index (χ0) is 14.8. The molecule has 8 heteroatoms. The van der Waals surface area contributed by atoms with E-state index in [2.05, 4.69) is 4.98 Å². The number of aromatic nitrogens is 1. The quantitative estimate of drug-likeness (QED) is 0.674. The first-order valence-electron chi connectivity index (χ1n) is 5.42. The average Bonchev–Trinajstić information content (AvgIpc) is 2.24. The third-order valence-corrected chi connectivity index (χ3v) is 2.58. The Balaban J connectivity index is 3.37. The Morgan fingerprint density at radius 1 is 1.58 bits per heavy atom. The molecule has 0 saturated heterocycles. The molecule has 0 aromatic carbocycles. The molecule has 1 aromatic rings. The topological polar surface area (TPSA) is 96.6 Å². The minimum atomic E-state index is -1.10. The molecule has 1 aromatic heterocycles. The molecular formula is C11H14ClN3O4. The number of hydrogen-bond acceptors (Lipinski definition) is 5. The van der Waals surface area contributed by atoms with Crippen molar-refractivity contribution in [1.29, 1.82) is 0 Å². The van der Waals surface area contributed by atoms with Crippen LogP contribution in [0.4, 0.5) is 11.5 Å². The summed E-state index contributed by atoms with van der Waals surface area (Å²) in [6, 6.07) is 1.16. The van der Waals surface area contributed by atoms with E-state index in [1.807, 2.05) is 0 Å². The van der Waals surface area contributed by atoms with Crippen LogP contribution in [0.2, 0.25) is 5.02 Å². The van der Waals surface area contributed by atoms with E-state index in [1.165, 1.54) is 11.1 Å². The van der Waals surface area contributed by atoms with Gasteiger partial charge in [0.05, 0.1) is 9.95 Å². The monoisotopic (exact) mass is 287 g/mol. The van der Waals surface area contributed by atoms with Gasteiger partial charge in [0, 0.05) is 17.8 Å². The van der Waals surface area contributed by atoms with Gasteiger partial charge in [-0.2, -0.15) is 0 Å². The van der Waals surface area contributed by atoms with Crippen LogP contribution >= 0.6 is 11.6 Å². The Hall–Kier alpha value is -1.89. The zero-order valence-corrected chi connectivity index (χ0v) is 11.5. The number of pyridine rings is 1. The molecule has 7 nitrogen and oxygen atoms in total. The fourth-order valence-electron chi connectivity index (χ4n) is 1.53. The van der Waals surface area contributed by atoms with Crippen molar-refractivity contribution in [3.05, 3.63) is 27.4 Å². The molecule has 0 amide bonds. The number of aliphatic carboxylic acids is 1. The van der Waals surface area contributed by atoms with Crippen molar-refractivity contribution >= 4 is 29.1 Å². The second kappa shape index (κ2) is 5.40. The number of carboxylic acids is 1. The summed E-state index contributed by atoms with van der Waals surface area (Å²) in [6.07, 6.45) is 1.25. The third-order valence-electron chi connectivity index (χ3n) is 2.37. The first kappa shape index (κ1) is 15.2. The van der Waals surface area contributed by atoms with Gasteiger partial charge in [-0.1, -0.05) is 11.6 Å². The fraction of sp³-hybridized carbons (Fsp3) is 0.455. The van der Waals surface area contributed by atoms with Gasteiger partial charge >= 0.3 is 11.7 Å². The van der Waals surface area contributed by atoms with Gasteiger partial charge in [-0.05, 0) is 20.8 Å². The lowest BCUT2D eigenvalue weighted by molar-refractivity contribution is -0.384. The Bertz CT molecular complexity index is 513. The first-order valence-corrected chi connectivity index (χ1v) is 5.80. The van der Waals surface area contributed by atoms with E-state index in [1.54, 1.807) is 20.8 Å². The lowest BCUT2D eigenvalue weighted by atomic mass is 10.1. The van der Waals surface area contributed by atoms with E-state index in [-0.39, 0.29) is 23.1 Å². The van der Waals surface area contributed by atoms with Crippen molar-refractivity contribution in [1.82, 2.24) is 4.98 Å². The summed E-state index contributed by atoms with van der Waals surface area (Å²) in [5.41, 5.74) is -0.951. The van der Waals surface area contributed by atoms with Gasteiger partial charge in [0.25, 0.3) is 0 Å². The van der Waals surface area contributed by atoms with Gasteiger partial charge < -0.3 is 10.0 Å². The van der Waals surface area contributed by atoms with Crippen LogP contribution in [0.1, 0.15) is 20.8 Å². The second-order valence-corrected chi connectivity index (χ2v) is 5.34. The molecule has 1 rings (SSSR count). The summed E-state index contributed by atoms with van der Waals surface area (Å²) >= 11 is 5.68. The number of rotatable bonds is 4. The maximum absolute atomic E-state index is 11.0. The molecule has 0 aliphatic rings. The number of anilines is 1. The van der Waals surface area contributed by atoms with Crippen molar-refractivity contribution in [2.45, 2.75) is 26.3 Å². The summed E-state index contributed by atoms with van der Waals surface area (Å²) in [5, 5.41) is 20.1. The summed E-state index contributed by atoms with van der Waals surface area (Å²) < 4.78 is 0. The number of nitro groups is 1. The predicted octanol–water partition coefficient (Wildman–Crippen LogP) is 2.33. The number of halogens is 1. The van der Waals surface area contributed by atoms with Crippen molar-refractivity contribution < 1.29 is 14.8 Å². The maximum Gasteiger partial charge on any atom is 0.323 e. The summed E-state index contributed by atoms with van der Waals surface area (Å²) in [5.74, 6) is -1.11. The van der Waals surface area contributed by atoms with E-state index >= 15 is 0 Å². The average molecular weight is 288 g/mol. The van der Waals surface area contributed by atoms with Crippen LogP contribution in [-0.2, 0) is 4.79 Å². The lowest BCUT2D eigenvalue weighted by Gasteiger charge is -2.34. The Kier molecular flexibility index (Phi) is 4.31. The van der Waals surface area contributed by atoms with Crippen molar-refractivity contribution in [2.24, 2.45) is 0 Å². The molecule has 0 atom stereocenters. The SMILES string of the molecule is CC(C)(C)N(CC(=O)O)c1ncc(Cl)cc1[N+](=O)[O-]. The van der Waals surface area contributed by atoms with Gasteiger partial charge in [-0.15, -0.1) is 0 Å². The van der Waals surface area contributed by atoms with Crippen LogP contribution in [0.15, 0.2) is 12.3 Å². The summed E-state index contributed by atoms with van der Waals surface area (Å²) in [7, 11) is 0. The minimum Gasteiger partial charge on any atom is -0.480 e. The van der Waals surface area contributed by atoms with E-state index in [9.17, 15) is 14.9 Å². The number of carboxylic acid groups (broad SMARTS) is 1. The van der Waals surface area contributed by atoms with Gasteiger partial charge in [0.15, 0.2) is 0 Å². The van der Waals surface area contributed by atoms with Crippen LogP contribution in [0.5, 0.6) is 0 Å².